The third-order valence-corrected chi connectivity index (χ3v) is 2.74. The summed E-state index contributed by atoms with van der Waals surface area (Å²) in [7, 11) is 0. The van der Waals surface area contributed by atoms with Crippen LogP contribution in [0.3, 0.4) is 0 Å². The maximum atomic E-state index is 12.0. The molecule has 1 atom stereocenters. The van der Waals surface area contributed by atoms with E-state index in [1.54, 1.807) is 5.01 Å². The molecule has 1 rings (SSSR count). The monoisotopic (exact) mass is 210 g/mol. The molecule has 0 aromatic heterocycles. The van der Waals surface area contributed by atoms with Crippen molar-refractivity contribution in [2.45, 2.75) is 54.0 Å². The number of carbonyl (C=O) groups excluding carboxylic acids is 1. The first-order chi connectivity index (χ1) is 6.79. The van der Waals surface area contributed by atoms with E-state index < -0.39 is 0 Å². The highest BCUT2D eigenvalue weighted by Crippen LogP contribution is 2.31. The number of hydrogen-bond acceptors (Lipinski definition) is 2. The van der Waals surface area contributed by atoms with Gasteiger partial charge >= 0.3 is 0 Å². The summed E-state index contributed by atoms with van der Waals surface area (Å²) in [6.45, 7) is 12.4. The van der Waals surface area contributed by atoms with Crippen molar-refractivity contribution in [2.75, 3.05) is 0 Å². The van der Waals surface area contributed by atoms with Crippen molar-refractivity contribution in [3.8, 4) is 0 Å². The Bertz CT molecular complexity index is 286. The van der Waals surface area contributed by atoms with Crippen molar-refractivity contribution in [2.24, 2.45) is 16.4 Å². The van der Waals surface area contributed by atoms with Crippen LogP contribution in [0.2, 0.25) is 0 Å². The van der Waals surface area contributed by atoms with Crippen LogP contribution < -0.4 is 0 Å². The third-order valence-electron chi connectivity index (χ3n) is 2.74. The van der Waals surface area contributed by atoms with Gasteiger partial charge in [0.15, 0.2) is 0 Å². The van der Waals surface area contributed by atoms with Gasteiger partial charge in [0.25, 0.3) is 5.91 Å². The minimum atomic E-state index is -0.0139. The Morgan fingerprint density at radius 3 is 2.20 bits per heavy atom. The first kappa shape index (κ1) is 12.2. The van der Waals surface area contributed by atoms with Crippen molar-refractivity contribution < 1.29 is 4.79 Å². The lowest BCUT2D eigenvalue weighted by atomic mass is 9.81. The Morgan fingerprint density at radius 1 is 1.40 bits per heavy atom. The minimum Gasteiger partial charge on any atom is -0.272 e. The smallest absolute Gasteiger partial charge is 0.251 e. The van der Waals surface area contributed by atoms with E-state index in [1.807, 2.05) is 20.8 Å². The van der Waals surface area contributed by atoms with Crippen LogP contribution in [0, 0.1) is 11.3 Å². The largest absolute Gasteiger partial charge is 0.272 e. The molecule has 0 aliphatic carbocycles. The van der Waals surface area contributed by atoms with E-state index in [9.17, 15) is 4.79 Å². The quantitative estimate of drug-likeness (QED) is 0.689. The molecule has 0 bridgehead atoms. The van der Waals surface area contributed by atoms with Gasteiger partial charge in [-0.3, -0.25) is 4.79 Å². The molecule has 0 saturated heterocycles. The van der Waals surface area contributed by atoms with Gasteiger partial charge < -0.3 is 0 Å². The molecule has 0 spiro atoms. The predicted octanol–water partition coefficient (Wildman–Crippen LogP) is 2.67. The third kappa shape index (κ3) is 2.21. The van der Waals surface area contributed by atoms with Crippen LogP contribution in [0.15, 0.2) is 5.10 Å². The summed E-state index contributed by atoms with van der Waals surface area (Å²) >= 11 is 0. The van der Waals surface area contributed by atoms with Gasteiger partial charge in [-0.25, -0.2) is 5.01 Å². The Labute approximate surface area is 92.5 Å². The van der Waals surface area contributed by atoms with Gasteiger partial charge in [-0.15, -0.1) is 0 Å². The van der Waals surface area contributed by atoms with Crippen LogP contribution in [-0.2, 0) is 4.79 Å². The molecule has 1 amide bonds. The molecule has 0 radical (unpaired) electrons. The second kappa shape index (κ2) is 3.95. The number of amides is 1. The Balaban J connectivity index is 3.04. The summed E-state index contributed by atoms with van der Waals surface area (Å²) in [5.74, 6) is 0.157. The molecule has 1 unspecified atom stereocenters. The zero-order valence-electron chi connectivity index (χ0n) is 10.7. The highest BCUT2D eigenvalue weighted by molar-refractivity contribution is 6.10. The van der Waals surface area contributed by atoms with E-state index in [-0.39, 0.29) is 23.3 Å². The first-order valence-electron chi connectivity index (χ1n) is 5.71. The van der Waals surface area contributed by atoms with E-state index >= 15 is 0 Å². The van der Waals surface area contributed by atoms with Gasteiger partial charge in [-0.05, 0) is 20.3 Å². The number of hydrazone groups is 1. The average molecular weight is 210 g/mol. The molecule has 0 fully saturated rings. The lowest BCUT2D eigenvalue weighted by molar-refractivity contribution is -0.133. The summed E-state index contributed by atoms with van der Waals surface area (Å²) in [6, 6.07) is 0.159. The fourth-order valence-electron chi connectivity index (χ4n) is 1.92. The van der Waals surface area contributed by atoms with E-state index in [2.05, 4.69) is 25.9 Å². The fraction of sp³-hybridized carbons (Fsp3) is 0.833. The van der Waals surface area contributed by atoms with E-state index in [0.717, 1.165) is 12.1 Å². The average Bonchev–Trinajstić information content (AvgIpc) is 2.41. The van der Waals surface area contributed by atoms with Crippen LogP contribution >= 0.6 is 0 Å². The van der Waals surface area contributed by atoms with Gasteiger partial charge in [0.1, 0.15) is 0 Å². The number of carbonyl (C=O) groups is 1. The SMILES string of the molecule is CCC1C(=O)N(C(C)C)N=C1C(C)(C)C. The Hall–Kier alpha value is -0.860. The van der Waals surface area contributed by atoms with Crippen molar-refractivity contribution in [1.82, 2.24) is 5.01 Å². The fourth-order valence-corrected chi connectivity index (χ4v) is 1.92. The molecular weight excluding hydrogens is 188 g/mol. The lowest BCUT2D eigenvalue weighted by Crippen LogP contribution is -2.34. The summed E-state index contributed by atoms with van der Waals surface area (Å²) < 4.78 is 0. The highest BCUT2D eigenvalue weighted by atomic mass is 16.2. The topological polar surface area (TPSA) is 32.7 Å². The van der Waals surface area contributed by atoms with Crippen LogP contribution in [0.5, 0.6) is 0 Å². The summed E-state index contributed by atoms with van der Waals surface area (Å²) in [5, 5.41) is 6.13. The minimum absolute atomic E-state index is 0.00704. The molecule has 3 nitrogen and oxygen atoms in total. The van der Waals surface area contributed by atoms with Crippen molar-refractivity contribution >= 4 is 11.6 Å². The Kier molecular flexibility index (Phi) is 3.22. The standard InChI is InChI=1S/C12H22N2O/c1-7-9-10(12(4,5)6)13-14(8(2)3)11(9)15/h8-9H,7H2,1-6H3. The van der Waals surface area contributed by atoms with Gasteiger partial charge in [0, 0.05) is 11.5 Å². The maximum absolute atomic E-state index is 12.0. The van der Waals surface area contributed by atoms with Gasteiger partial charge in [-0.2, -0.15) is 5.10 Å². The number of nitrogens with zero attached hydrogens (tertiary/aromatic N) is 2. The van der Waals surface area contributed by atoms with Gasteiger partial charge in [-0.1, -0.05) is 27.7 Å². The highest BCUT2D eigenvalue weighted by Gasteiger charge is 2.40. The van der Waals surface area contributed by atoms with E-state index in [1.165, 1.54) is 0 Å². The second-order valence-corrected chi connectivity index (χ2v) is 5.47. The summed E-state index contributed by atoms with van der Waals surface area (Å²) in [5.41, 5.74) is 1.02. The molecule has 0 N–H and O–H groups in total. The predicted molar refractivity (Wildman–Crippen MR) is 62.7 cm³/mol. The number of hydrogen-bond donors (Lipinski definition) is 0. The van der Waals surface area contributed by atoms with Crippen molar-refractivity contribution in [3.05, 3.63) is 0 Å². The van der Waals surface area contributed by atoms with Crippen LogP contribution in [-0.4, -0.2) is 22.7 Å². The lowest BCUT2D eigenvalue weighted by Gasteiger charge is -2.21. The van der Waals surface area contributed by atoms with Gasteiger partial charge in [0.2, 0.25) is 0 Å². The molecule has 0 saturated carbocycles. The molecule has 1 aliphatic rings. The second-order valence-electron chi connectivity index (χ2n) is 5.47. The Morgan fingerprint density at radius 2 is 1.93 bits per heavy atom. The van der Waals surface area contributed by atoms with Crippen LogP contribution in [0.25, 0.3) is 0 Å². The van der Waals surface area contributed by atoms with Crippen LogP contribution in [0.1, 0.15) is 48.0 Å². The first-order valence-corrected chi connectivity index (χ1v) is 5.71. The van der Waals surface area contributed by atoms with Crippen molar-refractivity contribution in [3.63, 3.8) is 0 Å². The molecule has 1 heterocycles. The van der Waals surface area contributed by atoms with E-state index in [0.29, 0.717) is 0 Å². The van der Waals surface area contributed by atoms with Crippen LogP contribution in [0.4, 0.5) is 0 Å². The van der Waals surface area contributed by atoms with Gasteiger partial charge in [0.05, 0.1) is 11.6 Å². The summed E-state index contributed by atoms with van der Waals surface area (Å²) in [6.07, 6.45) is 0.845. The number of rotatable bonds is 2. The molecule has 0 aromatic carbocycles. The van der Waals surface area contributed by atoms with E-state index in [4.69, 9.17) is 0 Å². The normalized spacial score (nSPS) is 22.6. The molecule has 1 aliphatic heterocycles. The molecule has 86 valence electrons. The summed E-state index contributed by atoms with van der Waals surface area (Å²) in [4.78, 5) is 12.0. The van der Waals surface area contributed by atoms with Crippen molar-refractivity contribution in [1.29, 1.82) is 0 Å². The molecule has 0 aromatic rings. The molecule has 15 heavy (non-hydrogen) atoms. The zero-order valence-corrected chi connectivity index (χ0v) is 10.7. The molecule has 3 heteroatoms. The zero-order chi connectivity index (χ0) is 11.8. The molecular formula is C12H22N2O. The maximum Gasteiger partial charge on any atom is 0.251 e.